The Balaban J connectivity index is 1.74. The van der Waals surface area contributed by atoms with Gasteiger partial charge < -0.3 is 11.1 Å². The first-order valence-corrected chi connectivity index (χ1v) is 10.7. The molecule has 0 spiro atoms. The average Bonchev–Trinajstić information content (AvgIpc) is 3.11. The summed E-state index contributed by atoms with van der Waals surface area (Å²) in [6.07, 6.45) is 1.76. The summed E-state index contributed by atoms with van der Waals surface area (Å²) >= 11 is 4.74. The maximum Gasteiger partial charge on any atom is 0.248 e. The molecule has 30 heavy (non-hydrogen) atoms. The van der Waals surface area contributed by atoms with Crippen LogP contribution in [0.15, 0.2) is 70.8 Å². The van der Waals surface area contributed by atoms with Gasteiger partial charge in [-0.15, -0.1) is 16.8 Å². The predicted molar refractivity (Wildman–Crippen MR) is 122 cm³/mol. The molecular weight excluding hydrogens is 466 g/mol. The first-order valence-electron chi connectivity index (χ1n) is 9.06. The second-order valence-corrected chi connectivity index (χ2v) is 8.63. The van der Waals surface area contributed by atoms with Crippen LogP contribution in [-0.2, 0) is 11.3 Å². The van der Waals surface area contributed by atoms with Gasteiger partial charge in [-0.2, -0.15) is 0 Å². The summed E-state index contributed by atoms with van der Waals surface area (Å²) in [5, 5.41) is 11.6. The van der Waals surface area contributed by atoms with Crippen molar-refractivity contribution in [1.82, 2.24) is 14.8 Å². The number of nitrogens with one attached hydrogen (secondary N) is 1. The van der Waals surface area contributed by atoms with E-state index in [1.54, 1.807) is 37.3 Å². The second-order valence-electron chi connectivity index (χ2n) is 6.40. The summed E-state index contributed by atoms with van der Waals surface area (Å²) in [7, 11) is 0. The van der Waals surface area contributed by atoms with Gasteiger partial charge in [-0.25, -0.2) is 0 Å². The SMILES string of the molecule is C=CCn1c(S[C@H](C)C(=O)Nc2ccc(C(N)=O)cc2)nnc1-c1ccc(Br)cc1. The molecule has 3 N–H and O–H groups in total. The number of aromatic nitrogens is 3. The lowest BCUT2D eigenvalue weighted by atomic mass is 10.2. The number of halogens is 1. The number of carbonyl (C=O) groups excluding carboxylic acids is 2. The third-order valence-electron chi connectivity index (χ3n) is 4.22. The molecule has 0 radical (unpaired) electrons. The number of nitrogens with zero attached hydrogens (tertiary/aromatic N) is 3. The van der Waals surface area contributed by atoms with Gasteiger partial charge in [-0.05, 0) is 43.3 Å². The molecular formula is C21H20BrN5O2S. The summed E-state index contributed by atoms with van der Waals surface area (Å²) in [4.78, 5) is 23.8. The highest BCUT2D eigenvalue weighted by atomic mass is 79.9. The zero-order valence-electron chi connectivity index (χ0n) is 16.2. The molecule has 2 aromatic carbocycles. The van der Waals surface area contributed by atoms with Gasteiger partial charge in [0.1, 0.15) is 0 Å². The number of thioether (sulfide) groups is 1. The van der Waals surface area contributed by atoms with Gasteiger partial charge in [0.15, 0.2) is 11.0 Å². The molecule has 7 nitrogen and oxygen atoms in total. The van der Waals surface area contributed by atoms with Gasteiger partial charge in [0, 0.05) is 27.8 Å². The second kappa shape index (κ2) is 9.73. The summed E-state index contributed by atoms with van der Waals surface area (Å²) in [5.74, 6) is 0.00431. The zero-order chi connectivity index (χ0) is 21.7. The Morgan fingerprint density at radius 2 is 1.87 bits per heavy atom. The van der Waals surface area contributed by atoms with E-state index in [0.29, 0.717) is 28.8 Å². The van der Waals surface area contributed by atoms with Crippen molar-refractivity contribution in [3.63, 3.8) is 0 Å². The van der Waals surface area contributed by atoms with Crippen molar-refractivity contribution in [3.05, 3.63) is 71.2 Å². The van der Waals surface area contributed by atoms with Crippen molar-refractivity contribution in [2.45, 2.75) is 23.9 Å². The van der Waals surface area contributed by atoms with Crippen LogP contribution >= 0.6 is 27.7 Å². The van der Waals surface area contributed by atoms with E-state index in [4.69, 9.17) is 5.73 Å². The number of carbonyl (C=O) groups is 2. The first-order chi connectivity index (χ1) is 14.4. The molecule has 0 fully saturated rings. The van der Waals surface area contributed by atoms with Crippen LogP contribution in [0.5, 0.6) is 0 Å². The molecule has 2 amide bonds. The minimum absolute atomic E-state index is 0.190. The maximum absolute atomic E-state index is 12.6. The molecule has 0 aliphatic heterocycles. The quantitative estimate of drug-likeness (QED) is 0.369. The Morgan fingerprint density at radius 3 is 2.47 bits per heavy atom. The van der Waals surface area contributed by atoms with Crippen LogP contribution in [0.4, 0.5) is 5.69 Å². The number of anilines is 1. The Kier molecular flexibility index (Phi) is 7.07. The summed E-state index contributed by atoms with van der Waals surface area (Å²) in [6.45, 7) is 6.12. The van der Waals surface area contributed by atoms with Gasteiger partial charge in [0.2, 0.25) is 11.8 Å². The molecule has 0 aliphatic carbocycles. The number of hydrogen-bond acceptors (Lipinski definition) is 5. The fourth-order valence-corrected chi connectivity index (χ4v) is 3.78. The van der Waals surface area contributed by atoms with Crippen LogP contribution in [-0.4, -0.2) is 31.8 Å². The van der Waals surface area contributed by atoms with E-state index < -0.39 is 11.2 Å². The minimum atomic E-state index is -0.514. The fraction of sp³-hybridized carbons (Fsp3) is 0.143. The molecule has 0 bridgehead atoms. The number of benzene rings is 2. The average molecular weight is 486 g/mol. The Bertz CT molecular complexity index is 1060. The van der Waals surface area contributed by atoms with E-state index in [-0.39, 0.29) is 5.91 Å². The molecule has 1 heterocycles. The normalized spacial score (nSPS) is 11.7. The van der Waals surface area contributed by atoms with Gasteiger partial charge >= 0.3 is 0 Å². The van der Waals surface area contributed by atoms with E-state index >= 15 is 0 Å². The van der Waals surface area contributed by atoms with E-state index in [2.05, 4.69) is 38.0 Å². The summed E-state index contributed by atoms with van der Waals surface area (Å²) < 4.78 is 2.90. The van der Waals surface area contributed by atoms with Gasteiger partial charge in [-0.1, -0.05) is 45.9 Å². The highest BCUT2D eigenvalue weighted by Crippen LogP contribution is 2.28. The maximum atomic E-state index is 12.6. The monoisotopic (exact) mass is 485 g/mol. The number of primary amides is 1. The molecule has 0 unspecified atom stereocenters. The molecule has 1 atom stereocenters. The van der Waals surface area contributed by atoms with E-state index in [9.17, 15) is 9.59 Å². The lowest BCUT2D eigenvalue weighted by Gasteiger charge is -2.13. The Labute approximate surface area is 186 Å². The smallest absolute Gasteiger partial charge is 0.248 e. The van der Waals surface area contributed by atoms with Crippen LogP contribution in [0.1, 0.15) is 17.3 Å². The largest absolute Gasteiger partial charge is 0.366 e. The molecule has 0 saturated carbocycles. The van der Waals surface area contributed by atoms with Crippen LogP contribution in [0.25, 0.3) is 11.4 Å². The van der Waals surface area contributed by atoms with Gasteiger partial charge in [0.05, 0.1) is 5.25 Å². The van der Waals surface area contributed by atoms with E-state index in [1.807, 2.05) is 28.8 Å². The summed E-state index contributed by atoms with van der Waals surface area (Å²) in [6, 6.07) is 14.2. The summed E-state index contributed by atoms with van der Waals surface area (Å²) in [5.41, 5.74) is 7.12. The molecule has 3 aromatic rings. The number of rotatable bonds is 8. The number of hydrogen-bond donors (Lipinski definition) is 2. The Hall–Kier alpha value is -2.91. The lowest BCUT2D eigenvalue weighted by molar-refractivity contribution is -0.115. The van der Waals surface area contributed by atoms with Crippen molar-refractivity contribution in [3.8, 4) is 11.4 Å². The highest BCUT2D eigenvalue weighted by Gasteiger charge is 2.20. The van der Waals surface area contributed by atoms with Gasteiger partial charge in [-0.3, -0.25) is 14.2 Å². The third kappa shape index (κ3) is 5.17. The van der Waals surface area contributed by atoms with Crippen molar-refractivity contribution in [2.24, 2.45) is 5.73 Å². The molecule has 0 saturated heterocycles. The van der Waals surface area contributed by atoms with Crippen molar-refractivity contribution in [2.75, 3.05) is 5.32 Å². The standard InChI is InChI=1S/C21H20BrN5O2S/c1-3-12-27-19(15-4-8-16(22)9-5-15)25-26-21(27)30-13(2)20(29)24-17-10-6-14(7-11-17)18(23)28/h3-11,13H,1,12H2,2H3,(H2,23,28)(H,24,29)/t13-/m1/s1. The number of nitrogens with two attached hydrogens (primary N) is 1. The van der Waals surface area contributed by atoms with Crippen LogP contribution in [0.2, 0.25) is 0 Å². The van der Waals surface area contributed by atoms with Crippen LogP contribution in [0, 0.1) is 0 Å². The third-order valence-corrected chi connectivity index (χ3v) is 5.83. The molecule has 0 aliphatic rings. The zero-order valence-corrected chi connectivity index (χ0v) is 18.6. The van der Waals surface area contributed by atoms with Crippen molar-refractivity contribution >= 4 is 45.2 Å². The van der Waals surface area contributed by atoms with Crippen LogP contribution in [0.3, 0.4) is 0 Å². The first kappa shape index (κ1) is 21.8. The molecule has 154 valence electrons. The molecule has 9 heteroatoms. The van der Waals surface area contributed by atoms with Crippen molar-refractivity contribution in [1.29, 1.82) is 0 Å². The minimum Gasteiger partial charge on any atom is -0.366 e. The predicted octanol–water partition coefficient (Wildman–Crippen LogP) is 4.11. The topological polar surface area (TPSA) is 103 Å². The number of allylic oxidation sites excluding steroid dienone is 1. The van der Waals surface area contributed by atoms with E-state index in [0.717, 1.165) is 10.0 Å². The Morgan fingerprint density at radius 1 is 1.20 bits per heavy atom. The lowest BCUT2D eigenvalue weighted by Crippen LogP contribution is -2.23. The fourth-order valence-electron chi connectivity index (χ4n) is 2.66. The van der Waals surface area contributed by atoms with Gasteiger partial charge in [0.25, 0.3) is 0 Å². The highest BCUT2D eigenvalue weighted by molar-refractivity contribution is 9.10. The van der Waals surface area contributed by atoms with Crippen LogP contribution < -0.4 is 11.1 Å². The van der Waals surface area contributed by atoms with E-state index in [1.165, 1.54) is 11.8 Å². The number of amides is 2. The molecule has 3 rings (SSSR count). The van der Waals surface area contributed by atoms with Crippen molar-refractivity contribution < 1.29 is 9.59 Å². The molecule has 1 aromatic heterocycles.